The summed E-state index contributed by atoms with van der Waals surface area (Å²) in [7, 11) is 0. The van der Waals surface area contributed by atoms with Crippen LogP contribution in [0.2, 0.25) is 5.28 Å². The molecule has 0 amide bonds. The molecule has 7 aromatic carbocycles. The van der Waals surface area contributed by atoms with Crippen molar-refractivity contribution >= 4 is 43.9 Å². The summed E-state index contributed by atoms with van der Waals surface area (Å²) in [5, 5.41) is 7.26. The molecule has 0 spiro atoms. The van der Waals surface area contributed by atoms with Gasteiger partial charge in [0.1, 0.15) is 0 Å². The molecule has 0 fully saturated rings. The fourth-order valence-corrected chi connectivity index (χ4v) is 6.16. The highest BCUT2D eigenvalue weighted by molar-refractivity contribution is 6.28. The molecule has 202 valence electrons. The van der Waals surface area contributed by atoms with Gasteiger partial charge in [-0.3, -0.25) is 0 Å². The number of fused-ring (bicyclic) bond motifs is 3. The van der Waals surface area contributed by atoms with Gasteiger partial charge in [0.2, 0.25) is 5.28 Å². The molecule has 0 N–H and O–H groups in total. The highest BCUT2D eigenvalue weighted by atomic mass is 35.5. The number of benzene rings is 7. The smallest absolute Gasteiger partial charge is 0.208 e. The second-order valence-corrected chi connectivity index (χ2v) is 11.0. The topological polar surface area (TPSA) is 38.7 Å². The van der Waals surface area contributed by atoms with Gasteiger partial charge in [-0.05, 0) is 78.3 Å². The van der Waals surface area contributed by atoms with E-state index in [-0.39, 0.29) is 5.28 Å². The maximum absolute atomic E-state index is 6.55. The molecule has 1 heterocycles. The Kier molecular flexibility index (Phi) is 6.17. The normalized spacial score (nSPS) is 11.4. The van der Waals surface area contributed by atoms with Gasteiger partial charge in [-0.15, -0.1) is 0 Å². The van der Waals surface area contributed by atoms with Crippen LogP contribution in [0.15, 0.2) is 146 Å². The average Bonchev–Trinajstić information content (AvgIpc) is 3.07. The Balaban J connectivity index is 1.23. The van der Waals surface area contributed by atoms with Crippen LogP contribution in [0.3, 0.4) is 0 Å². The zero-order chi connectivity index (χ0) is 28.8. The molecule has 1 aromatic heterocycles. The van der Waals surface area contributed by atoms with E-state index >= 15 is 0 Å². The van der Waals surface area contributed by atoms with Crippen LogP contribution >= 0.6 is 11.6 Å². The minimum Gasteiger partial charge on any atom is -0.208 e. The van der Waals surface area contributed by atoms with E-state index in [9.17, 15) is 0 Å². The molecule has 8 rings (SSSR count). The predicted molar refractivity (Wildman–Crippen MR) is 179 cm³/mol. The molecule has 0 saturated heterocycles. The van der Waals surface area contributed by atoms with E-state index in [4.69, 9.17) is 16.6 Å². The lowest BCUT2D eigenvalue weighted by atomic mass is 9.94. The molecule has 0 radical (unpaired) electrons. The van der Waals surface area contributed by atoms with Gasteiger partial charge in [-0.2, -0.15) is 9.97 Å². The molecule has 0 atom stereocenters. The van der Waals surface area contributed by atoms with E-state index in [2.05, 4.69) is 137 Å². The Morgan fingerprint density at radius 2 is 0.930 bits per heavy atom. The summed E-state index contributed by atoms with van der Waals surface area (Å²) >= 11 is 6.55. The largest absolute Gasteiger partial charge is 0.226 e. The van der Waals surface area contributed by atoms with Gasteiger partial charge in [0.15, 0.2) is 11.6 Å². The van der Waals surface area contributed by atoms with Crippen LogP contribution in [-0.2, 0) is 0 Å². The summed E-state index contributed by atoms with van der Waals surface area (Å²) in [4.78, 5) is 14.1. The molecule has 0 aliphatic heterocycles. The van der Waals surface area contributed by atoms with Crippen LogP contribution in [0.4, 0.5) is 0 Å². The second-order valence-electron chi connectivity index (χ2n) is 10.6. The molecular weight excluding hydrogens is 546 g/mol. The molecule has 0 saturated carbocycles. The van der Waals surface area contributed by atoms with Crippen molar-refractivity contribution in [2.45, 2.75) is 0 Å². The highest BCUT2D eigenvalue weighted by Crippen LogP contribution is 2.37. The summed E-state index contributed by atoms with van der Waals surface area (Å²) in [5.74, 6) is 1.09. The zero-order valence-electron chi connectivity index (χ0n) is 23.1. The van der Waals surface area contributed by atoms with Crippen LogP contribution in [0.25, 0.3) is 77.3 Å². The number of halogens is 1. The number of hydrogen-bond donors (Lipinski definition) is 0. The third-order valence-corrected chi connectivity index (χ3v) is 8.22. The van der Waals surface area contributed by atoms with Crippen molar-refractivity contribution in [3.63, 3.8) is 0 Å². The molecule has 3 nitrogen and oxygen atoms in total. The van der Waals surface area contributed by atoms with Crippen molar-refractivity contribution < 1.29 is 0 Å². The first-order chi connectivity index (χ1) is 21.2. The maximum atomic E-state index is 6.55. The van der Waals surface area contributed by atoms with Crippen LogP contribution in [0.5, 0.6) is 0 Å². The molecule has 0 bridgehead atoms. The van der Waals surface area contributed by atoms with Crippen LogP contribution in [0.1, 0.15) is 0 Å². The molecule has 0 aliphatic rings. The Hall–Kier alpha value is -5.38. The number of aromatic nitrogens is 3. The Labute approximate surface area is 254 Å². The number of hydrogen-bond acceptors (Lipinski definition) is 3. The molecule has 0 unspecified atom stereocenters. The maximum Gasteiger partial charge on any atom is 0.226 e. The van der Waals surface area contributed by atoms with Gasteiger partial charge < -0.3 is 0 Å². The van der Waals surface area contributed by atoms with Crippen LogP contribution in [0, 0.1) is 0 Å². The van der Waals surface area contributed by atoms with Crippen molar-refractivity contribution in [3.05, 3.63) is 151 Å². The third kappa shape index (κ3) is 4.61. The lowest BCUT2D eigenvalue weighted by molar-refractivity contribution is 1.07. The summed E-state index contributed by atoms with van der Waals surface area (Å²) in [6, 6.07) is 50.8. The fourth-order valence-electron chi connectivity index (χ4n) is 6.00. The molecule has 8 aromatic rings. The van der Waals surface area contributed by atoms with E-state index in [0.29, 0.717) is 11.6 Å². The van der Waals surface area contributed by atoms with Crippen LogP contribution in [-0.4, -0.2) is 15.0 Å². The summed E-state index contributed by atoms with van der Waals surface area (Å²) in [6.07, 6.45) is 0. The molecule has 4 heteroatoms. The quantitative estimate of drug-likeness (QED) is 0.211. The van der Waals surface area contributed by atoms with Gasteiger partial charge in [0, 0.05) is 11.1 Å². The van der Waals surface area contributed by atoms with Crippen molar-refractivity contribution in [2.24, 2.45) is 0 Å². The first-order valence-electron chi connectivity index (χ1n) is 14.2. The van der Waals surface area contributed by atoms with Crippen molar-refractivity contribution in [1.82, 2.24) is 15.0 Å². The lowest BCUT2D eigenvalue weighted by Gasteiger charge is -2.13. The van der Waals surface area contributed by atoms with E-state index in [1.807, 2.05) is 18.2 Å². The van der Waals surface area contributed by atoms with Crippen molar-refractivity contribution in [3.8, 4) is 45.0 Å². The molecular formula is C39H24ClN3. The Morgan fingerprint density at radius 1 is 0.349 bits per heavy atom. The highest BCUT2D eigenvalue weighted by Gasteiger charge is 2.16. The van der Waals surface area contributed by atoms with Crippen molar-refractivity contribution in [2.75, 3.05) is 0 Å². The van der Waals surface area contributed by atoms with Gasteiger partial charge in [-0.1, -0.05) is 133 Å². The first kappa shape index (κ1) is 25.3. The predicted octanol–water partition coefficient (Wildman–Crippen LogP) is 10.7. The van der Waals surface area contributed by atoms with E-state index in [1.165, 1.54) is 38.1 Å². The minimum absolute atomic E-state index is 0.165. The minimum atomic E-state index is 0.165. The summed E-state index contributed by atoms with van der Waals surface area (Å²) in [6.45, 7) is 0. The van der Waals surface area contributed by atoms with Crippen LogP contribution < -0.4 is 0 Å². The zero-order valence-corrected chi connectivity index (χ0v) is 23.8. The average molecular weight is 570 g/mol. The summed E-state index contributed by atoms with van der Waals surface area (Å²) in [5.41, 5.74) is 6.34. The molecule has 0 aliphatic carbocycles. The monoisotopic (exact) mass is 569 g/mol. The Morgan fingerprint density at radius 3 is 1.81 bits per heavy atom. The number of rotatable bonds is 4. The third-order valence-electron chi connectivity index (χ3n) is 8.05. The first-order valence-corrected chi connectivity index (χ1v) is 14.6. The van der Waals surface area contributed by atoms with Gasteiger partial charge >= 0.3 is 0 Å². The lowest BCUT2D eigenvalue weighted by Crippen LogP contribution is -1.99. The second kappa shape index (κ2) is 10.5. The van der Waals surface area contributed by atoms with E-state index in [1.54, 1.807) is 0 Å². The summed E-state index contributed by atoms with van der Waals surface area (Å²) < 4.78 is 0. The van der Waals surface area contributed by atoms with Crippen molar-refractivity contribution in [1.29, 1.82) is 0 Å². The standard InChI is InChI=1S/C39H24ClN3/c40-39-42-37(41-38(43-39)36-16-6-5-15-35(36)34-18-7-12-26-10-3-4-14-31(26)34)30-21-22-33-28(24-30)13-8-17-32(33)29-20-19-25-9-1-2-11-27(25)23-29/h1-24H. The Bertz CT molecular complexity index is 2320. The van der Waals surface area contributed by atoms with E-state index < -0.39 is 0 Å². The number of nitrogens with zero attached hydrogens (tertiary/aromatic N) is 3. The van der Waals surface area contributed by atoms with Gasteiger partial charge in [0.25, 0.3) is 0 Å². The van der Waals surface area contributed by atoms with E-state index in [0.717, 1.165) is 27.6 Å². The molecule has 43 heavy (non-hydrogen) atoms. The fraction of sp³-hybridized carbons (Fsp3) is 0. The van der Waals surface area contributed by atoms with Gasteiger partial charge in [-0.25, -0.2) is 4.98 Å². The van der Waals surface area contributed by atoms with Gasteiger partial charge in [0.05, 0.1) is 0 Å². The SMILES string of the molecule is Clc1nc(-c2ccc3c(-c4ccc5ccccc5c4)cccc3c2)nc(-c2ccccc2-c2cccc3ccccc23)n1.